The Balaban J connectivity index is 1.92. The van der Waals surface area contributed by atoms with E-state index in [4.69, 9.17) is 5.11 Å². The van der Waals surface area contributed by atoms with Crippen molar-refractivity contribution in [3.8, 4) is 0 Å². The second-order valence-electron chi connectivity index (χ2n) is 4.04. The normalized spacial score (nSPS) is 12.0. The van der Waals surface area contributed by atoms with Crippen molar-refractivity contribution in [1.29, 1.82) is 0 Å². The molecule has 0 aromatic heterocycles. The Hall–Kier alpha value is -1.59. The van der Waals surface area contributed by atoms with Crippen molar-refractivity contribution < 1.29 is 14.1 Å². The highest BCUT2D eigenvalue weighted by molar-refractivity contribution is 8.00. The molecule has 0 spiro atoms. The first-order valence-corrected chi connectivity index (χ1v) is 8.37. The fourth-order valence-electron chi connectivity index (χ4n) is 1.64. The van der Waals surface area contributed by atoms with Gasteiger partial charge in [-0.25, -0.2) is 4.79 Å². The third kappa shape index (κ3) is 4.21. The van der Waals surface area contributed by atoms with Crippen molar-refractivity contribution in [2.45, 2.75) is 9.79 Å². The minimum Gasteiger partial charge on any atom is -0.478 e. The minimum absolute atomic E-state index is 0.173. The van der Waals surface area contributed by atoms with Crippen LogP contribution in [0, 0.1) is 0 Å². The van der Waals surface area contributed by atoms with Gasteiger partial charge >= 0.3 is 5.97 Å². The van der Waals surface area contributed by atoms with Gasteiger partial charge in [0.05, 0.1) is 16.4 Å². The molecule has 0 heterocycles. The lowest BCUT2D eigenvalue weighted by Gasteiger charge is -2.04. The van der Waals surface area contributed by atoms with Crippen molar-refractivity contribution in [3.63, 3.8) is 0 Å². The van der Waals surface area contributed by atoms with E-state index in [2.05, 4.69) is 0 Å². The van der Waals surface area contributed by atoms with Gasteiger partial charge < -0.3 is 5.11 Å². The van der Waals surface area contributed by atoms with E-state index in [1.165, 1.54) is 12.1 Å². The fourth-order valence-corrected chi connectivity index (χ4v) is 3.89. The average molecular weight is 306 g/mol. The zero-order valence-electron chi connectivity index (χ0n) is 10.7. The van der Waals surface area contributed by atoms with E-state index in [0.717, 1.165) is 10.6 Å². The highest BCUT2D eigenvalue weighted by Gasteiger charge is 2.08. The van der Waals surface area contributed by atoms with Gasteiger partial charge in [-0.05, 0) is 30.3 Å². The summed E-state index contributed by atoms with van der Waals surface area (Å²) in [6, 6.07) is 16.2. The van der Waals surface area contributed by atoms with E-state index >= 15 is 0 Å². The SMILES string of the molecule is O=C(O)c1cccc(S(=O)CCSc2ccccc2)c1. The van der Waals surface area contributed by atoms with Gasteiger partial charge in [0.15, 0.2) is 0 Å². The second kappa shape index (κ2) is 7.26. The predicted octanol–water partition coefficient (Wildman–Crippen LogP) is 3.28. The van der Waals surface area contributed by atoms with Gasteiger partial charge in [0.1, 0.15) is 0 Å². The summed E-state index contributed by atoms with van der Waals surface area (Å²) < 4.78 is 12.1. The molecule has 0 aliphatic carbocycles. The molecular weight excluding hydrogens is 292 g/mol. The maximum Gasteiger partial charge on any atom is 0.335 e. The lowest BCUT2D eigenvalue weighted by molar-refractivity contribution is 0.0696. The van der Waals surface area contributed by atoms with Gasteiger partial charge in [0.2, 0.25) is 0 Å². The molecule has 0 radical (unpaired) electrons. The molecule has 0 saturated heterocycles. The molecule has 1 atom stereocenters. The number of thioether (sulfide) groups is 1. The van der Waals surface area contributed by atoms with Crippen LogP contribution in [-0.2, 0) is 10.8 Å². The van der Waals surface area contributed by atoms with Crippen LogP contribution in [0.5, 0.6) is 0 Å². The molecule has 0 amide bonds. The largest absolute Gasteiger partial charge is 0.478 e. The summed E-state index contributed by atoms with van der Waals surface area (Å²) in [4.78, 5) is 12.6. The quantitative estimate of drug-likeness (QED) is 0.832. The third-order valence-corrected chi connectivity index (χ3v) is 5.25. The number of hydrogen-bond acceptors (Lipinski definition) is 3. The van der Waals surface area contributed by atoms with Crippen LogP contribution in [-0.4, -0.2) is 26.8 Å². The molecular formula is C15H14O3S2. The molecule has 0 saturated carbocycles. The topological polar surface area (TPSA) is 54.4 Å². The van der Waals surface area contributed by atoms with Gasteiger partial charge in [0, 0.05) is 21.3 Å². The van der Waals surface area contributed by atoms with E-state index < -0.39 is 16.8 Å². The Bertz CT molecular complexity index is 612. The number of hydrogen-bond donors (Lipinski definition) is 1. The lowest BCUT2D eigenvalue weighted by Crippen LogP contribution is -2.03. The fraction of sp³-hybridized carbons (Fsp3) is 0.133. The van der Waals surface area contributed by atoms with E-state index in [9.17, 15) is 9.00 Å². The molecule has 0 fully saturated rings. The zero-order chi connectivity index (χ0) is 14.4. The van der Waals surface area contributed by atoms with Gasteiger partial charge in [-0.15, -0.1) is 11.8 Å². The molecule has 2 rings (SSSR count). The first-order chi connectivity index (χ1) is 9.66. The lowest BCUT2D eigenvalue weighted by atomic mass is 10.2. The van der Waals surface area contributed by atoms with Crippen molar-refractivity contribution in [3.05, 3.63) is 60.2 Å². The summed E-state index contributed by atoms with van der Waals surface area (Å²) in [5.41, 5.74) is 0.173. The van der Waals surface area contributed by atoms with Crippen LogP contribution >= 0.6 is 11.8 Å². The Kier molecular flexibility index (Phi) is 5.38. The average Bonchev–Trinajstić information content (AvgIpc) is 2.48. The summed E-state index contributed by atoms with van der Waals surface area (Å²) in [6.45, 7) is 0. The van der Waals surface area contributed by atoms with Crippen molar-refractivity contribution in [2.24, 2.45) is 0 Å². The minimum atomic E-state index is -1.17. The number of carbonyl (C=O) groups is 1. The maximum absolute atomic E-state index is 12.1. The zero-order valence-corrected chi connectivity index (χ0v) is 12.3. The van der Waals surface area contributed by atoms with Crippen LogP contribution in [0.15, 0.2) is 64.4 Å². The smallest absolute Gasteiger partial charge is 0.335 e. The number of carboxylic acid groups (broad SMARTS) is 1. The van der Waals surface area contributed by atoms with Crippen LogP contribution in [0.4, 0.5) is 0 Å². The highest BCUT2D eigenvalue weighted by Crippen LogP contribution is 2.18. The summed E-state index contributed by atoms with van der Waals surface area (Å²) in [7, 11) is -1.17. The van der Waals surface area contributed by atoms with E-state index in [1.54, 1.807) is 23.9 Å². The molecule has 3 nitrogen and oxygen atoms in total. The highest BCUT2D eigenvalue weighted by atomic mass is 32.2. The van der Waals surface area contributed by atoms with E-state index in [-0.39, 0.29) is 5.56 Å². The molecule has 1 N–H and O–H groups in total. The number of benzene rings is 2. The number of aromatic carboxylic acids is 1. The summed E-state index contributed by atoms with van der Waals surface area (Å²) in [5.74, 6) is 0.235. The van der Waals surface area contributed by atoms with E-state index in [1.807, 2.05) is 30.3 Å². The number of carboxylic acids is 1. The Labute approximate surface area is 124 Å². The first kappa shape index (κ1) is 14.8. The van der Waals surface area contributed by atoms with Crippen molar-refractivity contribution in [1.82, 2.24) is 0 Å². The Morgan fingerprint density at radius 1 is 1.10 bits per heavy atom. The molecule has 2 aromatic carbocycles. The molecule has 20 heavy (non-hydrogen) atoms. The molecule has 0 aliphatic rings. The second-order valence-corrected chi connectivity index (χ2v) is 6.78. The molecule has 0 bridgehead atoms. The summed E-state index contributed by atoms with van der Waals surface area (Å²) in [5, 5.41) is 8.91. The van der Waals surface area contributed by atoms with Gasteiger partial charge in [-0.3, -0.25) is 4.21 Å². The van der Waals surface area contributed by atoms with Crippen LogP contribution < -0.4 is 0 Å². The van der Waals surface area contributed by atoms with Crippen molar-refractivity contribution >= 4 is 28.5 Å². The molecule has 2 aromatic rings. The Morgan fingerprint density at radius 3 is 2.55 bits per heavy atom. The van der Waals surface area contributed by atoms with Crippen LogP contribution in [0.1, 0.15) is 10.4 Å². The van der Waals surface area contributed by atoms with Crippen LogP contribution in [0.25, 0.3) is 0 Å². The monoisotopic (exact) mass is 306 g/mol. The van der Waals surface area contributed by atoms with Gasteiger partial charge in [0.25, 0.3) is 0 Å². The summed E-state index contributed by atoms with van der Waals surface area (Å²) >= 11 is 1.64. The molecule has 5 heteroatoms. The van der Waals surface area contributed by atoms with E-state index in [0.29, 0.717) is 10.6 Å². The van der Waals surface area contributed by atoms with Crippen LogP contribution in [0.3, 0.4) is 0 Å². The van der Waals surface area contributed by atoms with Gasteiger partial charge in [-0.1, -0.05) is 24.3 Å². The maximum atomic E-state index is 12.1. The molecule has 1 unspecified atom stereocenters. The molecule has 104 valence electrons. The summed E-state index contributed by atoms with van der Waals surface area (Å²) in [6.07, 6.45) is 0. The Morgan fingerprint density at radius 2 is 1.85 bits per heavy atom. The van der Waals surface area contributed by atoms with Crippen molar-refractivity contribution in [2.75, 3.05) is 11.5 Å². The number of rotatable bonds is 6. The predicted molar refractivity (Wildman–Crippen MR) is 81.8 cm³/mol. The third-order valence-electron chi connectivity index (χ3n) is 2.62. The molecule has 0 aliphatic heterocycles. The van der Waals surface area contributed by atoms with Gasteiger partial charge in [-0.2, -0.15) is 0 Å². The first-order valence-electron chi connectivity index (χ1n) is 6.06. The standard InChI is InChI=1S/C15H14O3S2/c16-15(17)12-5-4-8-14(11-12)20(18)10-9-19-13-6-2-1-3-7-13/h1-8,11H,9-10H2,(H,16,17). The van der Waals surface area contributed by atoms with Crippen LogP contribution in [0.2, 0.25) is 0 Å².